The van der Waals surface area contributed by atoms with Gasteiger partial charge in [0.1, 0.15) is 0 Å². The molecule has 0 bridgehead atoms. The summed E-state index contributed by atoms with van der Waals surface area (Å²) in [5.41, 5.74) is -1.01. The molecule has 2 heteroatoms. The number of aliphatic hydroxyl groups is 1. The van der Waals surface area contributed by atoms with Crippen LogP contribution in [0.25, 0.3) is 0 Å². The van der Waals surface area contributed by atoms with Crippen LogP contribution in [-0.4, -0.2) is 10.7 Å². The van der Waals surface area contributed by atoms with E-state index in [-0.39, 0.29) is 0 Å². The summed E-state index contributed by atoms with van der Waals surface area (Å²) in [5.74, 6) is 0.998. The van der Waals surface area contributed by atoms with Crippen LogP contribution < -0.4 is 0 Å². The monoisotopic (exact) mass is 291 g/mol. The third-order valence-corrected chi connectivity index (χ3v) is 6.65. The zero-order chi connectivity index (χ0) is 15.7. The van der Waals surface area contributed by atoms with E-state index in [4.69, 9.17) is 0 Å². The van der Waals surface area contributed by atoms with Crippen molar-refractivity contribution in [2.75, 3.05) is 0 Å². The molecule has 1 atom stereocenters. The van der Waals surface area contributed by atoms with Crippen molar-refractivity contribution in [1.29, 1.82) is 5.26 Å². The van der Waals surface area contributed by atoms with Gasteiger partial charge in [0, 0.05) is 0 Å². The topological polar surface area (TPSA) is 44.0 Å². The summed E-state index contributed by atoms with van der Waals surface area (Å²) in [6, 6.07) is 2.58. The first-order valence-corrected chi connectivity index (χ1v) is 8.86. The first-order valence-electron chi connectivity index (χ1n) is 8.86. The highest BCUT2D eigenvalue weighted by molar-refractivity contribution is 5.14. The van der Waals surface area contributed by atoms with Gasteiger partial charge in [0.25, 0.3) is 0 Å². The molecule has 0 amide bonds. The minimum Gasteiger partial charge on any atom is -0.388 e. The summed E-state index contributed by atoms with van der Waals surface area (Å²) in [4.78, 5) is 0. The van der Waals surface area contributed by atoms with E-state index in [1.54, 1.807) is 0 Å². The fourth-order valence-corrected chi connectivity index (χ4v) is 4.76. The Kier molecular flexibility index (Phi) is 4.74. The van der Waals surface area contributed by atoms with Crippen molar-refractivity contribution >= 4 is 0 Å². The van der Waals surface area contributed by atoms with Crippen LogP contribution in [0.1, 0.15) is 85.5 Å². The molecule has 1 unspecified atom stereocenters. The maximum Gasteiger partial charge on any atom is 0.0860 e. The molecule has 2 nitrogen and oxygen atoms in total. The molecular weight excluding hydrogens is 258 g/mol. The van der Waals surface area contributed by atoms with Gasteiger partial charge in [-0.1, -0.05) is 40.0 Å². The number of nitrogens with zero attached hydrogens (tertiary/aromatic N) is 1. The minimum absolute atomic E-state index is 0.317. The van der Waals surface area contributed by atoms with Gasteiger partial charge in [0.15, 0.2) is 0 Å². The third-order valence-electron chi connectivity index (χ3n) is 6.65. The molecule has 2 fully saturated rings. The lowest BCUT2D eigenvalue weighted by Crippen LogP contribution is -2.53. The maximum absolute atomic E-state index is 11.3. The van der Waals surface area contributed by atoms with Gasteiger partial charge in [-0.25, -0.2) is 0 Å². The zero-order valence-corrected chi connectivity index (χ0v) is 14.4. The Balaban J connectivity index is 2.14. The summed E-state index contributed by atoms with van der Waals surface area (Å²) < 4.78 is 0. The normalized spacial score (nSPS) is 35.0. The van der Waals surface area contributed by atoms with E-state index in [9.17, 15) is 10.4 Å². The molecule has 0 aromatic heterocycles. The van der Waals surface area contributed by atoms with Crippen LogP contribution in [0.3, 0.4) is 0 Å². The molecule has 120 valence electrons. The van der Waals surface area contributed by atoms with Crippen molar-refractivity contribution in [1.82, 2.24) is 0 Å². The lowest BCUT2D eigenvalue weighted by Gasteiger charge is -2.51. The predicted molar refractivity (Wildman–Crippen MR) is 86.7 cm³/mol. The van der Waals surface area contributed by atoms with Crippen LogP contribution in [0.15, 0.2) is 0 Å². The van der Waals surface area contributed by atoms with Crippen LogP contribution >= 0.6 is 0 Å². The van der Waals surface area contributed by atoms with Gasteiger partial charge in [-0.15, -0.1) is 0 Å². The van der Waals surface area contributed by atoms with E-state index in [0.717, 1.165) is 38.5 Å². The molecule has 0 aliphatic heterocycles. The lowest BCUT2D eigenvalue weighted by molar-refractivity contribution is -0.119. The van der Waals surface area contributed by atoms with Crippen molar-refractivity contribution in [3.63, 3.8) is 0 Å². The highest BCUT2D eigenvalue weighted by Gasteiger charge is 2.53. The van der Waals surface area contributed by atoms with Gasteiger partial charge in [0.05, 0.1) is 17.1 Å². The molecule has 2 aliphatic carbocycles. The van der Waals surface area contributed by atoms with Crippen LogP contribution in [0.2, 0.25) is 0 Å². The van der Waals surface area contributed by atoms with E-state index in [0.29, 0.717) is 17.3 Å². The Bertz CT molecular complexity index is 385. The van der Waals surface area contributed by atoms with E-state index in [2.05, 4.69) is 26.8 Å². The molecular formula is C19H33NO. The second-order valence-corrected chi connectivity index (χ2v) is 8.82. The highest BCUT2D eigenvalue weighted by Crippen LogP contribution is 2.54. The molecule has 0 heterocycles. The molecule has 21 heavy (non-hydrogen) atoms. The van der Waals surface area contributed by atoms with Crippen molar-refractivity contribution in [2.24, 2.45) is 22.7 Å². The molecule has 0 aromatic rings. The van der Waals surface area contributed by atoms with E-state index in [1.807, 2.05) is 6.92 Å². The summed E-state index contributed by atoms with van der Waals surface area (Å²) in [5, 5.41) is 21.2. The minimum atomic E-state index is -0.814. The van der Waals surface area contributed by atoms with E-state index < -0.39 is 11.0 Å². The van der Waals surface area contributed by atoms with Gasteiger partial charge >= 0.3 is 0 Å². The molecule has 1 N–H and O–H groups in total. The maximum atomic E-state index is 11.3. The Morgan fingerprint density at radius 2 is 1.43 bits per heavy atom. The van der Waals surface area contributed by atoms with Crippen molar-refractivity contribution in [3.8, 4) is 6.07 Å². The van der Waals surface area contributed by atoms with Gasteiger partial charge in [-0.2, -0.15) is 5.26 Å². The SMILES string of the molecule is CC(C)(C)C1CCC(C#N)(C(C)(O)C2CCCCC2)CC1. The number of hydrogen-bond donors (Lipinski definition) is 1. The second-order valence-electron chi connectivity index (χ2n) is 8.82. The van der Waals surface area contributed by atoms with Crippen LogP contribution in [0.4, 0.5) is 0 Å². The van der Waals surface area contributed by atoms with Crippen molar-refractivity contribution in [2.45, 2.75) is 91.1 Å². The third kappa shape index (κ3) is 3.14. The molecule has 2 saturated carbocycles. The van der Waals surface area contributed by atoms with Crippen molar-refractivity contribution < 1.29 is 5.11 Å². The number of hydrogen-bond acceptors (Lipinski definition) is 2. The molecule has 0 aromatic carbocycles. The quantitative estimate of drug-likeness (QED) is 0.772. The number of nitriles is 1. The standard InChI is InChI=1S/C19H33NO/c1-17(2,3)15-10-12-19(14-20,13-11-15)18(4,21)16-8-6-5-7-9-16/h15-16,21H,5-13H2,1-4H3. The second kappa shape index (κ2) is 5.92. The van der Waals surface area contributed by atoms with Gasteiger partial charge < -0.3 is 5.11 Å². The molecule has 0 spiro atoms. The van der Waals surface area contributed by atoms with Gasteiger partial charge in [-0.05, 0) is 62.7 Å². The average Bonchev–Trinajstić information content (AvgIpc) is 2.47. The van der Waals surface area contributed by atoms with Crippen LogP contribution in [-0.2, 0) is 0 Å². The van der Waals surface area contributed by atoms with Gasteiger partial charge in [-0.3, -0.25) is 0 Å². The predicted octanol–water partition coefficient (Wildman–Crippen LogP) is 5.06. The molecule has 0 saturated heterocycles. The fourth-order valence-electron chi connectivity index (χ4n) is 4.76. The summed E-state index contributed by atoms with van der Waals surface area (Å²) in [6.07, 6.45) is 9.82. The Morgan fingerprint density at radius 1 is 0.905 bits per heavy atom. The summed E-state index contributed by atoms with van der Waals surface area (Å²) in [6.45, 7) is 8.87. The van der Waals surface area contributed by atoms with Gasteiger partial charge in [0.2, 0.25) is 0 Å². The molecule has 2 aliphatic rings. The largest absolute Gasteiger partial charge is 0.388 e. The van der Waals surface area contributed by atoms with E-state index >= 15 is 0 Å². The molecule has 0 radical (unpaired) electrons. The Morgan fingerprint density at radius 3 is 1.86 bits per heavy atom. The Hall–Kier alpha value is -0.550. The first-order chi connectivity index (χ1) is 9.73. The first kappa shape index (κ1) is 16.8. The lowest BCUT2D eigenvalue weighted by atomic mass is 9.55. The zero-order valence-electron chi connectivity index (χ0n) is 14.4. The average molecular weight is 291 g/mol. The van der Waals surface area contributed by atoms with E-state index in [1.165, 1.54) is 19.3 Å². The number of rotatable bonds is 2. The van der Waals surface area contributed by atoms with Crippen LogP contribution in [0.5, 0.6) is 0 Å². The summed E-state index contributed by atoms with van der Waals surface area (Å²) in [7, 11) is 0. The van der Waals surface area contributed by atoms with Crippen molar-refractivity contribution in [3.05, 3.63) is 0 Å². The summed E-state index contributed by atoms with van der Waals surface area (Å²) >= 11 is 0. The Labute approximate surface area is 130 Å². The fraction of sp³-hybridized carbons (Fsp3) is 0.947. The molecule has 2 rings (SSSR count). The smallest absolute Gasteiger partial charge is 0.0860 e. The highest BCUT2D eigenvalue weighted by atomic mass is 16.3. The van der Waals surface area contributed by atoms with Crippen LogP contribution in [0, 0.1) is 34.0 Å².